The van der Waals surface area contributed by atoms with Gasteiger partial charge < -0.3 is 4.74 Å². The van der Waals surface area contributed by atoms with E-state index in [-0.39, 0.29) is 18.3 Å². The lowest BCUT2D eigenvalue weighted by atomic mass is 10.2. The Morgan fingerprint density at radius 2 is 1.94 bits per heavy atom. The zero-order valence-electron chi connectivity index (χ0n) is 18.5. The summed E-state index contributed by atoms with van der Waals surface area (Å²) in [5, 5.41) is 0.806. The van der Waals surface area contributed by atoms with E-state index in [0.29, 0.717) is 13.0 Å². The Bertz CT molecular complexity index is 1020. The summed E-state index contributed by atoms with van der Waals surface area (Å²) < 4.78 is 7.57. The molecule has 9 heteroatoms. The van der Waals surface area contributed by atoms with Gasteiger partial charge in [-0.1, -0.05) is 45.5 Å². The van der Waals surface area contributed by atoms with Crippen LogP contribution in [0.25, 0.3) is 10.2 Å². The molecule has 1 aromatic heterocycles. The molecule has 0 unspecified atom stereocenters. The minimum Gasteiger partial charge on any atom is -0.379 e. The van der Waals surface area contributed by atoms with E-state index in [1.807, 2.05) is 23.1 Å². The minimum atomic E-state index is 0. The number of carbonyl (C=O) groups excluding carboxylic acids is 1. The Hall–Kier alpha value is -1.16. The first kappa shape index (κ1) is 26.4. The van der Waals surface area contributed by atoms with Crippen molar-refractivity contribution in [2.45, 2.75) is 24.2 Å². The summed E-state index contributed by atoms with van der Waals surface area (Å²) in [6.07, 6.45) is 2.33. The van der Waals surface area contributed by atoms with Crippen molar-refractivity contribution in [3.8, 4) is 0 Å². The van der Waals surface area contributed by atoms with E-state index in [2.05, 4.69) is 51.2 Å². The third-order valence-corrected chi connectivity index (χ3v) is 8.01. The van der Waals surface area contributed by atoms with Crippen LogP contribution in [0.2, 0.25) is 0 Å². The SMILES string of the molecule is Cl.O=C(CCCSc1ccccc1)N(CCCN1CCOCC1)c1nc2ccc(Br)cc2s1. The van der Waals surface area contributed by atoms with Gasteiger partial charge in [0.25, 0.3) is 0 Å². The van der Waals surface area contributed by atoms with Gasteiger partial charge in [0.15, 0.2) is 5.13 Å². The number of amides is 1. The van der Waals surface area contributed by atoms with Crippen molar-refractivity contribution in [2.75, 3.05) is 50.0 Å². The van der Waals surface area contributed by atoms with Crippen LogP contribution >= 0.6 is 51.4 Å². The van der Waals surface area contributed by atoms with Crippen molar-refractivity contribution < 1.29 is 9.53 Å². The molecule has 0 bridgehead atoms. The molecule has 1 aliphatic rings. The number of nitrogens with zero attached hydrogens (tertiary/aromatic N) is 3. The predicted molar refractivity (Wildman–Crippen MR) is 145 cm³/mol. The number of rotatable bonds is 10. The number of carbonyl (C=O) groups is 1. The van der Waals surface area contributed by atoms with Crippen molar-refractivity contribution in [3.05, 3.63) is 53.0 Å². The lowest BCUT2D eigenvalue weighted by Gasteiger charge is -2.27. The maximum Gasteiger partial charge on any atom is 0.228 e. The highest BCUT2D eigenvalue weighted by Crippen LogP contribution is 2.31. The molecule has 0 atom stereocenters. The first-order valence-corrected chi connectivity index (χ1v) is 13.6. The quantitative estimate of drug-likeness (QED) is 0.217. The summed E-state index contributed by atoms with van der Waals surface area (Å²) in [7, 11) is 0. The van der Waals surface area contributed by atoms with E-state index in [9.17, 15) is 4.79 Å². The highest BCUT2D eigenvalue weighted by atomic mass is 79.9. The average Bonchev–Trinajstić information content (AvgIpc) is 3.23. The zero-order valence-corrected chi connectivity index (χ0v) is 22.5. The van der Waals surface area contributed by atoms with Gasteiger partial charge in [-0.2, -0.15) is 0 Å². The van der Waals surface area contributed by atoms with Gasteiger partial charge in [-0.15, -0.1) is 24.2 Å². The fourth-order valence-electron chi connectivity index (χ4n) is 3.67. The van der Waals surface area contributed by atoms with Crippen LogP contribution in [0.1, 0.15) is 19.3 Å². The molecule has 1 amide bonds. The second kappa shape index (κ2) is 13.7. The topological polar surface area (TPSA) is 45.7 Å². The third kappa shape index (κ3) is 7.94. The van der Waals surface area contributed by atoms with Crippen LogP contribution in [0, 0.1) is 0 Å². The van der Waals surface area contributed by atoms with Gasteiger partial charge in [-0.25, -0.2) is 4.98 Å². The van der Waals surface area contributed by atoms with Gasteiger partial charge in [0.1, 0.15) is 0 Å². The number of hydrogen-bond donors (Lipinski definition) is 0. The Kier molecular flexibility index (Phi) is 10.9. The number of aromatic nitrogens is 1. The lowest BCUT2D eigenvalue weighted by Crippen LogP contribution is -2.39. The normalized spacial score (nSPS) is 14.2. The number of benzene rings is 2. The number of anilines is 1. The highest BCUT2D eigenvalue weighted by molar-refractivity contribution is 9.10. The van der Waals surface area contributed by atoms with Gasteiger partial charge >= 0.3 is 0 Å². The van der Waals surface area contributed by atoms with Crippen LogP contribution in [0.3, 0.4) is 0 Å². The molecule has 2 heterocycles. The maximum atomic E-state index is 13.2. The smallest absolute Gasteiger partial charge is 0.228 e. The van der Waals surface area contributed by atoms with Gasteiger partial charge in [0.05, 0.1) is 23.4 Å². The van der Waals surface area contributed by atoms with E-state index >= 15 is 0 Å². The van der Waals surface area contributed by atoms with E-state index in [1.165, 1.54) is 4.90 Å². The second-order valence-corrected chi connectivity index (χ2v) is 10.8. The first-order chi connectivity index (χ1) is 15.7. The molecule has 33 heavy (non-hydrogen) atoms. The molecule has 0 radical (unpaired) electrons. The number of halogens is 2. The molecule has 178 valence electrons. The molecule has 1 saturated heterocycles. The van der Waals surface area contributed by atoms with E-state index < -0.39 is 0 Å². The highest BCUT2D eigenvalue weighted by Gasteiger charge is 2.20. The van der Waals surface area contributed by atoms with Crippen molar-refractivity contribution in [1.29, 1.82) is 0 Å². The summed E-state index contributed by atoms with van der Waals surface area (Å²) >= 11 is 6.93. The van der Waals surface area contributed by atoms with Crippen LogP contribution in [-0.2, 0) is 9.53 Å². The molecule has 5 nitrogen and oxygen atoms in total. The molecule has 0 saturated carbocycles. The summed E-state index contributed by atoms with van der Waals surface area (Å²) in [6.45, 7) is 5.22. The van der Waals surface area contributed by atoms with Crippen LogP contribution in [0.4, 0.5) is 5.13 Å². The van der Waals surface area contributed by atoms with Crippen LogP contribution in [-0.4, -0.2) is 60.9 Å². The number of hydrogen-bond acceptors (Lipinski definition) is 6. The lowest BCUT2D eigenvalue weighted by molar-refractivity contribution is -0.118. The summed E-state index contributed by atoms with van der Waals surface area (Å²) in [5.74, 6) is 1.10. The van der Waals surface area contributed by atoms with Gasteiger partial charge in [-0.3, -0.25) is 14.6 Å². The Labute approximate surface area is 218 Å². The third-order valence-electron chi connectivity index (χ3n) is 5.38. The fraction of sp³-hybridized carbons (Fsp3) is 0.417. The molecule has 2 aromatic carbocycles. The summed E-state index contributed by atoms with van der Waals surface area (Å²) in [5.41, 5.74) is 0.943. The number of thioether (sulfide) groups is 1. The molecule has 0 aliphatic carbocycles. The molecule has 0 spiro atoms. The van der Waals surface area contributed by atoms with Gasteiger partial charge in [-0.05, 0) is 48.9 Å². The van der Waals surface area contributed by atoms with Crippen LogP contribution < -0.4 is 4.90 Å². The van der Waals surface area contributed by atoms with Crippen molar-refractivity contribution in [2.24, 2.45) is 0 Å². The number of morpholine rings is 1. The van der Waals surface area contributed by atoms with E-state index in [0.717, 1.165) is 71.3 Å². The van der Waals surface area contributed by atoms with Crippen LogP contribution in [0.5, 0.6) is 0 Å². The molecule has 0 N–H and O–H groups in total. The minimum absolute atomic E-state index is 0. The standard InChI is InChI=1S/C24H28BrN3O2S2.ClH/c25-19-9-10-21-22(18-19)32-24(26-21)28(12-5-11-27-13-15-30-16-14-27)23(29)8-4-17-31-20-6-2-1-3-7-20;/h1-3,6-7,9-10,18H,4-5,8,11-17H2;1H. The van der Waals surface area contributed by atoms with Crippen molar-refractivity contribution in [1.82, 2.24) is 9.88 Å². The Morgan fingerprint density at radius 1 is 1.15 bits per heavy atom. The molecule has 3 aromatic rings. The molecule has 1 aliphatic heterocycles. The van der Waals surface area contributed by atoms with Crippen molar-refractivity contribution in [3.63, 3.8) is 0 Å². The molecule has 4 rings (SSSR count). The Morgan fingerprint density at radius 3 is 2.73 bits per heavy atom. The van der Waals surface area contributed by atoms with E-state index in [4.69, 9.17) is 9.72 Å². The number of thiazole rings is 1. The Balaban J connectivity index is 0.00000306. The zero-order chi connectivity index (χ0) is 22.2. The number of fused-ring (bicyclic) bond motifs is 1. The summed E-state index contributed by atoms with van der Waals surface area (Å²) in [4.78, 5) is 23.6. The molecular weight excluding hydrogens is 542 g/mol. The first-order valence-electron chi connectivity index (χ1n) is 11.0. The largest absolute Gasteiger partial charge is 0.379 e. The monoisotopic (exact) mass is 569 g/mol. The van der Waals surface area contributed by atoms with Crippen molar-refractivity contribution >= 4 is 72.7 Å². The number of ether oxygens (including phenoxy) is 1. The van der Waals surface area contributed by atoms with E-state index in [1.54, 1.807) is 23.1 Å². The maximum absolute atomic E-state index is 13.2. The molecular formula is C24H29BrClN3O2S2. The second-order valence-electron chi connectivity index (χ2n) is 7.73. The van der Waals surface area contributed by atoms with Gasteiger partial charge in [0.2, 0.25) is 5.91 Å². The average molecular weight is 571 g/mol. The fourth-order valence-corrected chi connectivity index (χ4v) is 6.11. The molecule has 1 fully saturated rings. The van der Waals surface area contributed by atoms with Gasteiger partial charge in [0, 0.05) is 42.0 Å². The predicted octanol–water partition coefficient (Wildman–Crippen LogP) is 6.11. The van der Waals surface area contributed by atoms with Crippen LogP contribution in [0.15, 0.2) is 57.9 Å². The summed E-state index contributed by atoms with van der Waals surface area (Å²) in [6, 6.07) is 16.4.